The van der Waals surface area contributed by atoms with E-state index in [1.807, 2.05) is 6.07 Å². The average Bonchev–Trinajstić information content (AvgIpc) is 2.63. The molecule has 0 amide bonds. The van der Waals surface area contributed by atoms with Crippen LogP contribution in [0, 0.1) is 0 Å². The Morgan fingerprint density at radius 2 is 1.96 bits per heavy atom. The molecule has 0 bridgehead atoms. The highest BCUT2D eigenvalue weighted by Crippen LogP contribution is 2.09. The number of nitrogens with zero attached hydrogens (tertiary/aromatic N) is 6. The molecule has 0 aliphatic carbocycles. The molecule has 3 rings (SSSR count). The van der Waals surface area contributed by atoms with Gasteiger partial charge in [-0.25, -0.2) is 9.97 Å². The molecule has 25 heavy (non-hydrogen) atoms. The van der Waals surface area contributed by atoms with Crippen molar-refractivity contribution in [1.29, 1.82) is 0 Å². The minimum absolute atomic E-state index is 0. The van der Waals surface area contributed by atoms with E-state index in [2.05, 4.69) is 36.6 Å². The van der Waals surface area contributed by atoms with Crippen LogP contribution in [0.1, 0.15) is 6.92 Å². The van der Waals surface area contributed by atoms with Crippen molar-refractivity contribution >= 4 is 35.9 Å². The van der Waals surface area contributed by atoms with Gasteiger partial charge < -0.3 is 20.3 Å². The van der Waals surface area contributed by atoms with Crippen molar-refractivity contribution < 1.29 is 4.74 Å². The van der Waals surface area contributed by atoms with Gasteiger partial charge in [-0.2, -0.15) is 0 Å². The second-order valence-electron chi connectivity index (χ2n) is 6.24. The summed E-state index contributed by atoms with van der Waals surface area (Å²) >= 11 is 0. The molecule has 140 valence electrons. The maximum absolute atomic E-state index is 6.10. The third-order valence-corrected chi connectivity index (χ3v) is 4.46. The molecule has 9 heteroatoms. The maximum atomic E-state index is 6.10. The summed E-state index contributed by atoms with van der Waals surface area (Å²) in [6, 6.07) is 1.84. The molecule has 2 aliphatic heterocycles. The number of hydrogen-bond acceptors (Lipinski definition) is 6. The molecule has 1 atom stereocenters. The SMILES string of the molecule is CC1CN(C(N)=NCCN2CCN(c3ncccn3)CC2)CCO1.I. The maximum Gasteiger partial charge on any atom is 0.225 e. The zero-order valence-electron chi connectivity index (χ0n) is 14.8. The molecule has 3 heterocycles. The van der Waals surface area contributed by atoms with Crippen LogP contribution in [-0.2, 0) is 4.74 Å². The zero-order valence-corrected chi connectivity index (χ0v) is 17.1. The topological polar surface area (TPSA) is 83.1 Å². The lowest BCUT2D eigenvalue weighted by Crippen LogP contribution is -2.49. The van der Waals surface area contributed by atoms with Gasteiger partial charge >= 0.3 is 0 Å². The van der Waals surface area contributed by atoms with Gasteiger partial charge in [0.15, 0.2) is 5.96 Å². The van der Waals surface area contributed by atoms with Crippen LogP contribution in [0.5, 0.6) is 0 Å². The van der Waals surface area contributed by atoms with Gasteiger partial charge in [0, 0.05) is 58.2 Å². The second-order valence-corrected chi connectivity index (χ2v) is 6.24. The quantitative estimate of drug-likeness (QED) is 0.391. The summed E-state index contributed by atoms with van der Waals surface area (Å²) in [5, 5.41) is 0. The number of piperazine rings is 1. The van der Waals surface area contributed by atoms with Gasteiger partial charge in [-0.1, -0.05) is 0 Å². The first-order valence-electron chi connectivity index (χ1n) is 8.63. The van der Waals surface area contributed by atoms with E-state index in [4.69, 9.17) is 10.5 Å². The van der Waals surface area contributed by atoms with Gasteiger partial charge in [0.2, 0.25) is 5.95 Å². The van der Waals surface area contributed by atoms with E-state index in [0.29, 0.717) is 5.96 Å². The fourth-order valence-corrected chi connectivity index (χ4v) is 3.06. The summed E-state index contributed by atoms with van der Waals surface area (Å²) in [5.41, 5.74) is 6.10. The van der Waals surface area contributed by atoms with Gasteiger partial charge in [-0.3, -0.25) is 9.89 Å². The van der Waals surface area contributed by atoms with Crippen molar-refractivity contribution in [2.75, 3.05) is 63.9 Å². The van der Waals surface area contributed by atoms with E-state index in [9.17, 15) is 0 Å². The highest BCUT2D eigenvalue weighted by molar-refractivity contribution is 14.0. The molecule has 2 saturated heterocycles. The number of ether oxygens (including phenoxy) is 1. The molecule has 2 fully saturated rings. The van der Waals surface area contributed by atoms with E-state index in [-0.39, 0.29) is 30.1 Å². The summed E-state index contributed by atoms with van der Waals surface area (Å²) in [6.07, 6.45) is 3.80. The van der Waals surface area contributed by atoms with Crippen LogP contribution >= 0.6 is 24.0 Å². The summed E-state index contributed by atoms with van der Waals surface area (Å²) in [6.45, 7) is 10.0. The number of aliphatic imine (C=N–C) groups is 1. The summed E-state index contributed by atoms with van der Waals surface area (Å²) in [4.78, 5) is 19.9. The summed E-state index contributed by atoms with van der Waals surface area (Å²) in [7, 11) is 0. The van der Waals surface area contributed by atoms with Crippen LogP contribution in [0.4, 0.5) is 5.95 Å². The van der Waals surface area contributed by atoms with Gasteiger partial charge in [0.1, 0.15) is 0 Å². The molecule has 0 saturated carbocycles. The minimum Gasteiger partial charge on any atom is -0.375 e. The number of anilines is 1. The highest BCUT2D eigenvalue weighted by atomic mass is 127. The summed E-state index contributed by atoms with van der Waals surface area (Å²) < 4.78 is 5.53. The molecular weight excluding hydrogens is 433 g/mol. The Balaban J connectivity index is 0.00000225. The third-order valence-electron chi connectivity index (χ3n) is 4.46. The Morgan fingerprint density at radius 3 is 2.64 bits per heavy atom. The molecule has 1 aromatic rings. The fraction of sp³-hybridized carbons (Fsp3) is 0.688. The molecule has 1 aromatic heterocycles. The molecule has 1 unspecified atom stereocenters. The number of aromatic nitrogens is 2. The van der Waals surface area contributed by atoms with E-state index in [0.717, 1.165) is 64.9 Å². The second kappa shape index (κ2) is 10.1. The van der Waals surface area contributed by atoms with Crippen LogP contribution < -0.4 is 10.6 Å². The van der Waals surface area contributed by atoms with Crippen LogP contribution in [0.25, 0.3) is 0 Å². The number of guanidine groups is 1. The fourth-order valence-electron chi connectivity index (χ4n) is 3.06. The first kappa shape index (κ1) is 20.1. The Labute approximate surface area is 166 Å². The molecule has 2 N–H and O–H groups in total. The van der Waals surface area contributed by atoms with Crippen molar-refractivity contribution in [1.82, 2.24) is 19.8 Å². The van der Waals surface area contributed by atoms with Crippen molar-refractivity contribution in [3.63, 3.8) is 0 Å². The van der Waals surface area contributed by atoms with Gasteiger partial charge in [-0.05, 0) is 13.0 Å². The average molecular weight is 461 g/mol. The smallest absolute Gasteiger partial charge is 0.225 e. The van der Waals surface area contributed by atoms with Crippen LogP contribution in [-0.4, -0.2) is 90.8 Å². The normalized spacial score (nSPS) is 22.6. The summed E-state index contributed by atoms with van der Waals surface area (Å²) in [5.74, 6) is 1.46. The molecular formula is C16H28IN7O. The van der Waals surface area contributed by atoms with Crippen LogP contribution in [0.2, 0.25) is 0 Å². The van der Waals surface area contributed by atoms with Crippen LogP contribution in [0.15, 0.2) is 23.5 Å². The predicted octanol–water partition coefficient (Wildman–Crippen LogP) is 0.252. The van der Waals surface area contributed by atoms with Crippen molar-refractivity contribution in [3.8, 4) is 0 Å². The highest BCUT2D eigenvalue weighted by Gasteiger charge is 2.19. The first-order chi connectivity index (χ1) is 11.7. The lowest BCUT2D eigenvalue weighted by atomic mass is 10.3. The number of rotatable bonds is 4. The van der Waals surface area contributed by atoms with Crippen molar-refractivity contribution in [2.45, 2.75) is 13.0 Å². The Morgan fingerprint density at radius 1 is 1.24 bits per heavy atom. The predicted molar refractivity (Wildman–Crippen MR) is 110 cm³/mol. The Hall–Kier alpha value is -1.20. The Kier molecular flexibility index (Phi) is 8.10. The molecule has 8 nitrogen and oxygen atoms in total. The van der Waals surface area contributed by atoms with Crippen molar-refractivity contribution in [3.05, 3.63) is 18.5 Å². The largest absolute Gasteiger partial charge is 0.375 e. The molecule has 0 aromatic carbocycles. The molecule has 0 radical (unpaired) electrons. The lowest BCUT2D eigenvalue weighted by Gasteiger charge is -2.34. The molecule has 0 spiro atoms. The van der Waals surface area contributed by atoms with Gasteiger partial charge in [0.25, 0.3) is 0 Å². The lowest BCUT2D eigenvalue weighted by molar-refractivity contribution is 0.00528. The van der Waals surface area contributed by atoms with E-state index < -0.39 is 0 Å². The zero-order chi connectivity index (χ0) is 16.8. The van der Waals surface area contributed by atoms with E-state index >= 15 is 0 Å². The van der Waals surface area contributed by atoms with Crippen molar-refractivity contribution in [2.24, 2.45) is 10.7 Å². The number of halogens is 1. The first-order valence-corrected chi connectivity index (χ1v) is 8.63. The van der Waals surface area contributed by atoms with Gasteiger partial charge in [0.05, 0.1) is 19.3 Å². The number of morpholine rings is 1. The van der Waals surface area contributed by atoms with Crippen LogP contribution in [0.3, 0.4) is 0 Å². The van der Waals surface area contributed by atoms with E-state index in [1.54, 1.807) is 12.4 Å². The monoisotopic (exact) mass is 461 g/mol. The van der Waals surface area contributed by atoms with Gasteiger partial charge in [-0.15, -0.1) is 24.0 Å². The minimum atomic E-state index is 0. The third kappa shape index (κ3) is 5.93. The Bertz CT molecular complexity index is 537. The number of hydrogen-bond donors (Lipinski definition) is 1. The van der Waals surface area contributed by atoms with E-state index in [1.165, 1.54) is 0 Å². The standard InChI is InChI=1S/C16H27N7O.HI/c1-14-13-23(11-12-24-14)15(17)18-5-6-21-7-9-22(10-8-21)16-19-3-2-4-20-16;/h2-4,14H,5-13H2,1H3,(H2,17,18);1H. The molecule has 2 aliphatic rings. The number of nitrogens with two attached hydrogens (primary N) is 1.